The summed E-state index contributed by atoms with van der Waals surface area (Å²) in [6, 6.07) is -0.926. The van der Waals surface area contributed by atoms with Crippen molar-refractivity contribution in [3.8, 4) is 0 Å². The van der Waals surface area contributed by atoms with Crippen molar-refractivity contribution in [1.29, 1.82) is 0 Å². The van der Waals surface area contributed by atoms with Gasteiger partial charge >= 0.3 is 6.18 Å². The molecule has 1 atom stereocenters. The zero-order valence-corrected chi connectivity index (χ0v) is 17.0. The minimum Gasteiger partial charge on any atom is -0.456 e. The number of aromatic nitrogens is 2. The lowest BCUT2D eigenvalue weighted by Gasteiger charge is -2.35. The molecule has 0 saturated carbocycles. The van der Waals surface area contributed by atoms with E-state index < -0.39 is 35.2 Å². The third kappa shape index (κ3) is 5.51. The lowest BCUT2D eigenvalue weighted by Crippen LogP contribution is -2.51. The van der Waals surface area contributed by atoms with E-state index in [1.165, 1.54) is 6.92 Å². The average molecular weight is 459 g/mol. The fraction of sp³-hybridized carbons (Fsp3) is 0.300. The quantitative estimate of drug-likeness (QED) is 0.396. The molecule has 7 nitrogen and oxygen atoms in total. The van der Waals surface area contributed by atoms with Gasteiger partial charge in [0.15, 0.2) is 17.4 Å². The van der Waals surface area contributed by atoms with Gasteiger partial charge in [0.25, 0.3) is 0 Å². The number of benzene rings is 1. The van der Waals surface area contributed by atoms with Gasteiger partial charge in [0.05, 0.1) is 24.2 Å². The Kier molecular flexibility index (Phi) is 7.75. The Morgan fingerprint density at radius 2 is 1.75 bits per heavy atom. The number of hydrogen-bond acceptors (Lipinski definition) is 7. The number of anilines is 2. The second-order valence-corrected chi connectivity index (χ2v) is 6.75. The van der Waals surface area contributed by atoms with Gasteiger partial charge in [-0.05, 0) is 13.0 Å². The molecular formula is C20H22F5N5O2. The largest absolute Gasteiger partial charge is 0.456 e. The smallest absolute Gasteiger partial charge is 0.410 e. The maximum absolute atomic E-state index is 13.3. The summed E-state index contributed by atoms with van der Waals surface area (Å²) in [6.07, 6.45) is -1.82. The first-order valence-electron chi connectivity index (χ1n) is 9.18. The number of fused-ring (bicyclic) bond motifs is 1. The van der Waals surface area contributed by atoms with Crippen LogP contribution in [0.4, 0.5) is 33.6 Å². The normalized spacial score (nSPS) is 14.7. The summed E-state index contributed by atoms with van der Waals surface area (Å²) in [4.78, 5) is 9.92. The van der Waals surface area contributed by atoms with Crippen LogP contribution in [0.3, 0.4) is 0 Å². The van der Waals surface area contributed by atoms with Gasteiger partial charge in [0, 0.05) is 30.1 Å². The molecule has 1 saturated heterocycles. The first-order chi connectivity index (χ1) is 15.0. The van der Waals surface area contributed by atoms with Crippen LogP contribution in [0.1, 0.15) is 17.4 Å². The van der Waals surface area contributed by atoms with Crippen LogP contribution in [0.2, 0.25) is 0 Å². The second kappa shape index (κ2) is 9.92. The maximum Gasteiger partial charge on any atom is 0.410 e. The van der Waals surface area contributed by atoms with Crippen LogP contribution in [0.25, 0.3) is 11.0 Å². The molecule has 0 aliphatic carbocycles. The summed E-state index contributed by atoms with van der Waals surface area (Å²) in [7, 11) is 0. The zero-order chi connectivity index (χ0) is 24.2. The van der Waals surface area contributed by atoms with Crippen LogP contribution in [-0.4, -0.2) is 40.4 Å². The number of rotatable bonds is 2. The molecule has 0 amide bonds. The number of halogens is 5. The summed E-state index contributed by atoms with van der Waals surface area (Å²) in [5, 5.41) is 8.96. The molecule has 12 heteroatoms. The Morgan fingerprint density at radius 1 is 1.19 bits per heavy atom. The number of nitrogens with two attached hydrogens (primary N) is 2. The molecule has 4 rings (SSSR count). The van der Waals surface area contributed by atoms with Crippen molar-refractivity contribution in [3.63, 3.8) is 0 Å². The van der Waals surface area contributed by atoms with E-state index >= 15 is 0 Å². The van der Waals surface area contributed by atoms with Crippen molar-refractivity contribution in [2.45, 2.75) is 25.2 Å². The standard InChI is InChI=1S/C11H8F5NO.C7H10N4O.C2H4/c1-4-6-2-5(12)3-7(13)9(6)18-8(4)10(17)11(14,15)16;8-5-1-9-7(10-2-5)11-3-6(12)4-11;1-2/h2-3,10H,17H2,1H3;1-2,6,12H,3-4,8H2;1-2H2. The fourth-order valence-electron chi connectivity index (χ4n) is 2.82. The molecule has 1 aliphatic heterocycles. The molecule has 3 aromatic rings. The summed E-state index contributed by atoms with van der Waals surface area (Å²) < 4.78 is 68.5. The van der Waals surface area contributed by atoms with Crippen molar-refractivity contribution >= 4 is 22.6 Å². The molecule has 0 bridgehead atoms. The van der Waals surface area contributed by atoms with Gasteiger partial charge in [-0.1, -0.05) is 0 Å². The van der Waals surface area contributed by atoms with Gasteiger partial charge in [-0.3, -0.25) is 0 Å². The lowest BCUT2D eigenvalue weighted by molar-refractivity contribution is -0.152. The van der Waals surface area contributed by atoms with E-state index in [2.05, 4.69) is 23.1 Å². The van der Waals surface area contributed by atoms with E-state index in [0.717, 1.165) is 6.07 Å². The molecule has 32 heavy (non-hydrogen) atoms. The maximum atomic E-state index is 13.3. The van der Waals surface area contributed by atoms with Crippen LogP contribution < -0.4 is 16.4 Å². The number of nitrogen functional groups attached to an aromatic ring is 1. The Bertz CT molecular complexity index is 1050. The molecule has 1 unspecified atom stereocenters. The number of hydrogen-bond donors (Lipinski definition) is 3. The van der Waals surface area contributed by atoms with Gasteiger partial charge in [-0.2, -0.15) is 13.2 Å². The van der Waals surface area contributed by atoms with E-state index in [4.69, 9.17) is 21.0 Å². The molecule has 174 valence electrons. The highest BCUT2D eigenvalue weighted by molar-refractivity contribution is 5.82. The van der Waals surface area contributed by atoms with Crippen molar-refractivity contribution in [2.24, 2.45) is 5.73 Å². The monoisotopic (exact) mass is 459 g/mol. The molecule has 0 radical (unpaired) electrons. The molecule has 1 fully saturated rings. The molecule has 1 aromatic carbocycles. The van der Waals surface area contributed by atoms with Crippen LogP contribution in [-0.2, 0) is 0 Å². The van der Waals surface area contributed by atoms with E-state index in [0.29, 0.717) is 30.8 Å². The van der Waals surface area contributed by atoms with Crippen molar-refractivity contribution < 1.29 is 31.5 Å². The number of alkyl halides is 3. The summed E-state index contributed by atoms with van der Waals surface area (Å²) in [6.45, 7) is 8.50. The van der Waals surface area contributed by atoms with Gasteiger partial charge in [0.2, 0.25) is 5.95 Å². The van der Waals surface area contributed by atoms with Crippen molar-refractivity contribution in [2.75, 3.05) is 23.7 Å². The zero-order valence-electron chi connectivity index (χ0n) is 17.0. The number of aliphatic hydroxyl groups is 1. The number of nitrogens with zero attached hydrogens (tertiary/aromatic N) is 3. The Hall–Kier alpha value is -3.25. The number of aryl methyl sites for hydroxylation is 1. The van der Waals surface area contributed by atoms with Crippen LogP contribution in [0.5, 0.6) is 0 Å². The van der Waals surface area contributed by atoms with Gasteiger partial charge < -0.3 is 25.9 Å². The first-order valence-corrected chi connectivity index (χ1v) is 9.18. The number of furan rings is 1. The Morgan fingerprint density at radius 3 is 2.25 bits per heavy atom. The summed E-state index contributed by atoms with van der Waals surface area (Å²) >= 11 is 0. The van der Waals surface area contributed by atoms with Gasteiger partial charge in [-0.15, -0.1) is 13.2 Å². The Labute approximate surface area is 180 Å². The minimum absolute atomic E-state index is 0.0202. The fourth-order valence-corrected chi connectivity index (χ4v) is 2.82. The van der Waals surface area contributed by atoms with Crippen molar-refractivity contribution in [3.05, 3.63) is 60.6 Å². The number of aliphatic hydroxyl groups excluding tert-OH is 1. The molecule has 1 aliphatic rings. The molecule has 5 N–H and O–H groups in total. The second-order valence-electron chi connectivity index (χ2n) is 6.75. The van der Waals surface area contributed by atoms with Gasteiger partial charge in [-0.25, -0.2) is 18.7 Å². The van der Waals surface area contributed by atoms with Gasteiger partial charge in [0.1, 0.15) is 11.6 Å². The first kappa shape index (κ1) is 25.0. The third-order valence-corrected chi connectivity index (χ3v) is 4.43. The summed E-state index contributed by atoms with van der Waals surface area (Å²) in [5.74, 6) is -1.93. The highest BCUT2D eigenvalue weighted by atomic mass is 19.4. The van der Waals surface area contributed by atoms with Crippen LogP contribution in [0, 0.1) is 18.6 Å². The van der Waals surface area contributed by atoms with E-state index in [1.54, 1.807) is 12.4 Å². The van der Waals surface area contributed by atoms with Crippen LogP contribution >= 0.6 is 0 Å². The molecular weight excluding hydrogens is 437 g/mol. The average Bonchev–Trinajstić information content (AvgIpc) is 3.04. The SMILES string of the molecule is C=C.Cc1c(C(N)C(F)(F)F)oc2c(F)cc(F)cc12.Nc1cnc(N2CC(O)C2)nc1. The lowest BCUT2D eigenvalue weighted by atomic mass is 10.1. The van der Waals surface area contributed by atoms with Crippen LogP contribution in [0.15, 0.2) is 42.1 Å². The number of β-amino-alcohol motifs (C(OH)–C–C–N with tert-alkyl or cyclic N) is 1. The molecule has 2 aromatic heterocycles. The highest BCUT2D eigenvalue weighted by Crippen LogP contribution is 2.37. The van der Waals surface area contributed by atoms with E-state index in [-0.39, 0.29) is 17.1 Å². The topological polar surface area (TPSA) is 114 Å². The summed E-state index contributed by atoms with van der Waals surface area (Å²) in [5.41, 5.74) is 10.5. The highest BCUT2D eigenvalue weighted by Gasteiger charge is 2.41. The van der Waals surface area contributed by atoms with Crippen molar-refractivity contribution in [1.82, 2.24) is 9.97 Å². The van der Waals surface area contributed by atoms with E-state index in [9.17, 15) is 22.0 Å². The Balaban J connectivity index is 0.000000224. The molecule has 3 heterocycles. The third-order valence-electron chi connectivity index (χ3n) is 4.43. The van der Waals surface area contributed by atoms with E-state index in [1.807, 2.05) is 4.90 Å². The predicted molar refractivity (Wildman–Crippen MR) is 110 cm³/mol. The molecule has 0 spiro atoms. The minimum atomic E-state index is -4.71. The predicted octanol–water partition coefficient (Wildman–Crippen LogP) is 3.62.